The number of alkyl halides is 1. The largest absolute Gasteiger partial charge is 0.337 e. The first-order valence-electron chi connectivity index (χ1n) is 8.95. The van der Waals surface area contributed by atoms with Gasteiger partial charge in [-0.3, -0.25) is 9.48 Å². The molecule has 4 heterocycles. The van der Waals surface area contributed by atoms with E-state index in [4.69, 9.17) is 11.6 Å². The summed E-state index contributed by atoms with van der Waals surface area (Å²) in [4.78, 5) is 14.1. The van der Waals surface area contributed by atoms with E-state index in [-0.39, 0.29) is 35.3 Å². The average Bonchev–Trinajstić information content (AvgIpc) is 3.41. The fourth-order valence-electron chi connectivity index (χ4n) is 3.63. The molecule has 2 fully saturated rings. The summed E-state index contributed by atoms with van der Waals surface area (Å²) in [5.41, 5.74) is 0.219. The summed E-state index contributed by atoms with van der Waals surface area (Å²) in [5, 5.41) is 7.86. The molecule has 2 aliphatic rings. The molecule has 2 aromatic rings. The Morgan fingerprint density at radius 2 is 2.07 bits per heavy atom. The van der Waals surface area contributed by atoms with E-state index in [1.807, 2.05) is 0 Å². The standard InChI is InChI=1S/C16H19ClFN5O3S2/c17-14-3-4-15(27-14)28(25,26)23-8-11(18)7-12(23)9-22-10-13(19-20-22)16(24)21-5-1-2-6-21/h3-4,10-12H,1-2,5-9H2. The molecule has 8 nitrogen and oxygen atoms in total. The predicted octanol–water partition coefficient (Wildman–Crippen LogP) is 2.03. The second-order valence-corrected chi connectivity index (χ2v) is 10.8. The zero-order valence-electron chi connectivity index (χ0n) is 14.9. The third-order valence-corrected chi connectivity index (χ3v) is 8.59. The maximum Gasteiger partial charge on any atom is 0.276 e. The highest BCUT2D eigenvalue weighted by molar-refractivity contribution is 7.91. The van der Waals surface area contributed by atoms with E-state index in [9.17, 15) is 17.6 Å². The van der Waals surface area contributed by atoms with E-state index in [1.165, 1.54) is 23.0 Å². The number of thiophene rings is 1. The smallest absolute Gasteiger partial charge is 0.276 e. The van der Waals surface area contributed by atoms with Gasteiger partial charge in [-0.15, -0.1) is 16.4 Å². The number of hydrogen-bond acceptors (Lipinski definition) is 6. The van der Waals surface area contributed by atoms with Gasteiger partial charge in [0.05, 0.1) is 17.1 Å². The van der Waals surface area contributed by atoms with Crippen LogP contribution < -0.4 is 0 Å². The zero-order valence-corrected chi connectivity index (χ0v) is 17.3. The molecule has 152 valence electrons. The Balaban J connectivity index is 1.51. The minimum atomic E-state index is -3.85. The highest BCUT2D eigenvalue weighted by Gasteiger charge is 2.41. The minimum absolute atomic E-state index is 0.0631. The highest BCUT2D eigenvalue weighted by Crippen LogP contribution is 2.33. The summed E-state index contributed by atoms with van der Waals surface area (Å²) in [6, 6.07) is 2.31. The molecule has 28 heavy (non-hydrogen) atoms. The van der Waals surface area contributed by atoms with Crippen LogP contribution in [-0.4, -0.2) is 70.4 Å². The average molecular weight is 448 g/mol. The fraction of sp³-hybridized carbons (Fsp3) is 0.562. The first kappa shape index (κ1) is 19.7. The van der Waals surface area contributed by atoms with Gasteiger partial charge in [-0.25, -0.2) is 12.8 Å². The van der Waals surface area contributed by atoms with Crippen molar-refractivity contribution in [1.29, 1.82) is 0 Å². The van der Waals surface area contributed by atoms with Crippen LogP contribution in [0.1, 0.15) is 29.8 Å². The molecular formula is C16H19ClFN5O3S2. The normalized spacial score (nSPS) is 23.6. The Bertz CT molecular complexity index is 973. The second kappa shape index (κ2) is 7.69. The van der Waals surface area contributed by atoms with E-state index in [0.717, 1.165) is 28.5 Å². The van der Waals surface area contributed by atoms with E-state index >= 15 is 0 Å². The van der Waals surface area contributed by atoms with Gasteiger partial charge in [0.2, 0.25) is 0 Å². The van der Waals surface area contributed by atoms with E-state index in [1.54, 1.807) is 4.90 Å². The van der Waals surface area contributed by atoms with Gasteiger partial charge in [-0.2, -0.15) is 4.31 Å². The SMILES string of the molecule is O=C(c1cn(CC2CC(F)CN2S(=O)(=O)c2ccc(Cl)s2)nn1)N1CCCC1. The number of aromatic nitrogens is 3. The molecule has 0 spiro atoms. The van der Waals surface area contributed by atoms with Crippen molar-refractivity contribution in [3.8, 4) is 0 Å². The number of carbonyl (C=O) groups excluding carboxylic acids is 1. The van der Waals surface area contributed by atoms with E-state index < -0.39 is 22.2 Å². The van der Waals surface area contributed by atoms with Gasteiger partial charge in [0.1, 0.15) is 10.4 Å². The molecular weight excluding hydrogens is 429 g/mol. The van der Waals surface area contributed by atoms with Gasteiger partial charge >= 0.3 is 0 Å². The van der Waals surface area contributed by atoms with Crippen molar-refractivity contribution in [2.45, 2.75) is 42.2 Å². The Hall–Kier alpha value is -1.56. The molecule has 2 aromatic heterocycles. The van der Waals surface area contributed by atoms with Crippen LogP contribution in [-0.2, 0) is 16.6 Å². The van der Waals surface area contributed by atoms with Crippen LogP contribution in [0, 0.1) is 0 Å². The summed E-state index contributed by atoms with van der Waals surface area (Å²) >= 11 is 6.80. The third-order valence-electron chi connectivity index (χ3n) is 4.97. The Kier molecular flexibility index (Phi) is 5.43. The summed E-state index contributed by atoms with van der Waals surface area (Å²) in [5.74, 6) is -0.184. The van der Waals surface area contributed by atoms with Gasteiger partial charge in [0, 0.05) is 25.7 Å². The minimum Gasteiger partial charge on any atom is -0.337 e. The molecule has 0 radical (unpaired) electrons. The topological polar surface area (TPSA) is 88.4 Å². The lowest BCUT2D eigenvalue weighted by molar-refractivity contribution is 0.0787. The van der Waals surface area contributed by atoms with Gasteiger partial charge in [-0.1, -0.05) is 16.8 Å². The maximum absolute atomic E-state index is 14.1. The van der Waals surface area contributed by atoms with Crippen LogP contribution in [0.4, 0.5) is 4.39 Å². The van der Waals surface area contributed by atoms with Gasteiger partial charge in [0.25, 0.3) is 15.9 Å². The number of amides is 1. The summed E-state index contributed by atoms with van der Waals surface area (Å²) in [6.45, 7) is 1.32. The first-order chi connectivity index (χ1) is 13.3. The Labute approximate surface area is 170 Å². The van der Waals surface area contributed by atoms with Gasteiger partial charge in [-0.05, 0) is 31.4 Å². The molecule has 2 atom stereocenters. The van der Waals surface area contributed by atoms with Crippen LogP contribution >= 0.6 is 22.9 Å². The van der Waals surface area contributed by atoms with Crippen molar-refractivity contribution < 1.29 is 17.6 Å². The quantitative estimate of drug-likeness (QED) is 0.699. The fourth-order valence-corrected chi connectivity index (χ4v) is 6.89. The van der Waals surface area contributed by atoms with Crippen molar-refractivity contribution in [2.24, 2.45) is 0 Å². The van der Waals surface area contributed by atoms with Crippen molar-refractivity contribution in [3.63, 3.8) is 0 Å². The molecule has 0 bridgehead atoms. The monoisotopic (exact) mass is 447 g/mol. The molecule has 2 unspecified atom stereocenters. The molecule has 0 aliphatic carbocycles. The number of sulfonamides is 1. The molecule has 2 aliphatic heterocycles. The number of hydrogen-bond donors (Lipinski definition) is 0. The maximum atomic E-state index is 14.1. The van der Waals surface area contributed by atoms with E-state index in [2.05, 4.69) is 10.3 Å². The van der Waals surface area contributed by atoms with Crippen molar-refractivity contribution >= 4 is 38.9 Å². The summed E-state index contributed by atoms with van der Waals surface area (Å²) in [7, 11) is -3.85. The number of carbonyl (C=O) groups is 1. The lowest BCUT2D eigenvalue weighted by atomic mass is 10.2. The highest BCUT2D eigenvalue weighted by atomic mass is 35.5. The van der Waals surface area contributed by atoms with Crippen molar-refractivity contribution in [1.82, 2.24) is 24.2 Å². The molecule has 1 amide bonds. The lowest BCUT2D eigenvalue weighted by Gasteiger charge is -2.22. The zero-order chi connectivity index (χ0) is 19.9. The molecule has 4 rings (SSSR count). The molecule has 0 N–H and O–H groups in total. The molecule has 2 saturated heterocycles. The lowest BCUT2D eigenvalue weighted by Crippen LogP contribution is -2.38. The number of halogens is 2. The molecule has 0 aromatic carbocycles. The predicted molar refractivity (Wildman–Crippen MR) is 102 cm³/mol. The summed E-state index contributed by atoms with van der Waals surface area (Å²) < 4.78 is 42.9. The van der Waals surface area contributed by atoms with Gasteiger partial charge < -0.3 is 4.90 Å². The van der Waals surface area contributed by atoms with Crippen LogP contribution in [0.3, 0.4) is 0 Å². The second-order valence-electron chi connectivity index (χ2n) is 6.95. The molecule has 0 saturated carbocycles. The first-order valence-corrected chi connectivity index (χ1v) is 11.6. The van der Waals surface area contributed by atoms with Crippen LogP contribution in [0.25, 0.3) is 0 Å². The van der Waals surface area contributed by atoms with Crippen molar-refractivity contribution in [2.75, 3.05) is 19.6 Å². The number of nitrogens with zero attached hydrogens (tertiary/aromatic N) is 5. The number of likely N-dealkylation sites (tertiary alicyclic amines) is 1. The Morgan fingerprint density at radius 3 is 2.75 bits per heavy atom. The molecule has 12 heteroatoms. The number of rotatable bonds is 5. The summed E-state index contributed by atoms with van der Waals surface area (Å²) in [6.07, 6.45) is 2.25. The Morgan fingerprint density at radius 1 is 1.32 bits per heavy atom. The van der Waals surface area contributed by atoms with Crippen molar-refractivity contribution in [3.05, 3.63) is 28.4 Å². The third kappa shape index (κ3) is 3.80. The van der Waals surface area contributed by atoms with Gasteiger partial charge in [0.15, 0.2) is 5.69 Å². The van der Waals surface area contributed by atoms with Crippen LogP contribution in [0.15, 0.2) is 22.5 Å². The van der Waals surface area contributed by atoms with Crippen LogP contribution in [0.5, 0.6) is 0 Å². The van der Waals surface area contributed by atoms with Crippen LogP contribution in [0.2, 0.25) is 4.34 Å². The van der Waals surface area contributed by atoms with E-state index in [0.29, 0.717) is 17.4 Å².